The zero-order chi connectivity index (χ0) is 69.9. The van der Waals surface area contributed by atoms with Gasteiger partial charge in [-0.15, -0.1) is 45.0 Å². The van der Waals surface area contributed by atoms with Crippen LogP contribution in [-0.2, 0) is 44.7 Å². The lowest BCUT2D eigenvalue weighted by molar-refractivity contribution is -0.253. The molecule has 0 fully saturated rings. The van der Waals surface area contributed by atoms with Gasteiger partial charge in [0, 0.05) is 25.0 Å². The average molecular weight is 1500 g/mol. The van der Waals surface area contributed by atoms with Crippen molar-refractivity contribution in [1.29, 1.82) is 0 Å². The minimum absolute atomic E-state index is 0.109. The number of halogens is 21. The van der Waals surface area contributed by atoms with Crippen LogP contribution in [-0.4, -0.2) is 78.1 Å². The first-order valence-corrected chi connectivity index (χ1v) is 34.4. The molecule has 9 nitrogen and oxygen atoms in total. The summed E-state index contributed by atoms with van der Waals surface area (Å²) in [4.78, 5) is 39.0. The van der Waals surface area contributed by atoms with E-state index in [0.717, 1.165) is 48.5 Å². The van der Waals surface area contributed by atoms with E-state index < -0.39 is 149 Å². The van der Waals surface area contributed by atoms with Crippen molar-refractivity contribution in [3.8, 4) is 11.5 Å². The van der Waals surface area contributed by atoms with Crippen molar-refractivity contribution >= 4 is 68.3 Å². The van der Waals surface area contributed by atoms with Gasteiger partial charge in [-0.2, -0.15) is 61.5 Å². The molecule has 0 aliphatic carbocycles. The highest BCUT2D eigenvalue weighted by Gasteiger charge is 2.51. The molecule has 0 saturated carbocycles. The SMILES string of the molecule is C[Si](C)(C)I.ClCCl.NC(C(=O)N[C@](Cc1ccccc1)(c1ccc(F)cc1)c1cc(F)cc(OC(F)(F)C(F)F)c1)C(F)(F)F.O=C(Cc1ccccc1)NC(C(=O)N[C@](Cc1ccccc1)(c1ccc(F)cc1)c1cc(F)cc(OC(F)(F)C(F)F)c1)C(F)(F)F. The van der Waals surface area contributed by atoms with Gasteiger partial charge < -0.3 is 31.2 Å². The smallest absolute Gasteiger partial charge is 0.428 e. The Labute approximate surface area is 544 Å². The van der Waals surface area contributed by atoms with E-state index in [-0.39, 0.29) is 16.5 Å². The third-order valence-corrected chi connectivity index (χ3v) is 12.5. The third-order valence-electron chi connectivity index (χ3n) is 12.5. The van der Waals surface area contributed by atoms with Crippen molar-refractivity contribution in [2.45, 2.75) is 99.5 Å². The Balaban J connectivity index is 0.000000361. The van der Waals surface area contributed by atoms with Crippen molar-refractivity contribution in [3.63, 3.8) is 0 Å². The molecule has 0 spiro atoms. The van der Waals surface area contributed by atoms with Crippen LogP contribution in [0.1, 0.15) is 38.9 Å². The summed E-state index contributed by atoms with van der Waals surface area (Å²) in [5.41, 5.74) is -0.373. The van der Waals surface area contributed by atoms with E-state index in [1.807, 2.05) is 0 Å². The number of amides is 3. The van der Waals surface area contributed by atoms with Crippen LogP contribution in [0.2, 0.25) is 19.6 Å². The van der Waals surface area contributed by atoms with Crippen LogP contribution in [0.3, 0.4) is 0 Å². The van der Waals surface area contributed by atoms with Crippen LogP contribution in [0.25, 0.3) is 0 Å². The molecule has 0 aliphatic rings. The molecular weight excluding hydrogens is 1450 g/mol. The molecule has 0 bridgehead atoms. The molecule has 7 aromatic carbocycles. The van der Waals surface area contributed by atoms with Gasteiger partial charge in [-0.3, -0.25) is 14.4 Å². The summed E-state index contributed by atoms with van der Waals surface area (Å²) in [6.45, 7) is 6.94. The summed E-state index contributed by atoms with van der Waals surface area (Å²) in [5, 5.41) is 6.15. The normalized spacial score (nSPS) is 13.8. The highest BCUT2D eigenvalue weighted by molar-refractivity contribution is 14.1. The van der Waals surface area contributed by atoms with E-state index in [0.29, 0.717) is 53.1 Å². The molecule has 0 saturated heterocycles. The first-order chi connectivity index (χ1) is 43.1. The van der Waals surface area contributed by atoms with Crippen molar-refractivity contribution in [1.82, 2.24) is 16.0 Å². The van der Waals surface area contributed by atoms with Crippen LogP contribution >= 0.6 is 45.0 Å². The highest BCUT2D eigenvalue weighted by atomic mass is 127. The molecule has 0 heterocycles. The van der Waals surface area contributed by atoms with Gasteiger partial charge in [0.15, 0.2) is 6.04 Å². The quantitative estimate of drug-likeness (QED) is 0.0186. The van der Waals surface area contributed by atoms with E-state index in [9.17, 15) is 93.4 Å². The van der Waals surface area contributed by atoms with Gasteiger partial charge in [0.2, 0.25) is 17.9 Å². The number of carbonyl (C=O) groups is 3. The van der Waals surface area contributed by atoms with E-state index >= 15 is 0 Å². The number of carbonyl (C=O) groups excluding carboxylic acids is 3. The number of alkyl halides is 16. The van der Waals surface area contributed by atoms with Crippen molar-refractivity contribution in [3.05, 3.63) is 238 Å². The maximum absolute atomic E-state index is 15.0. The highest BCUT2D eigenvalue weighted by Crippen LogP contribution is 2.41. The van der Waals surface area contributed by atoms with Gasteiger partial charge in [0.25, 0.3) is 5.91 Å². The number of ether oxygens (including phenoxy) is 2. The van der Waals surface area contributed by atoms with Gasteiger partial charge >= 0.3 is 37.4 Å². The lowest BCUT2D eigenvalue weighted by Crippen LogP contribution is -2.60. The number of hydrogen-bond donors (Lipinski definition) is 4. The maximum atomic E-state index is 15.0. The summed E-state index contributed by atoms with van der Waals surface area (Å²) in [5.74, 6) is -11.3. The van der Waals surface area contributed by atoms with Crippen LogP contribution in [0.5, 0.6) is 11.5 Å². The minimum atomic E-state index is -5.38. The molecular formula is C62H55Cl2F18IN4O5Si. The standard InChI is InChI=1S/C33H25F9N2O3.C25H19F9N2O2.C3H9ISi.CH2Cl2/c34-24-13-11-22(12-14-24)31(19-21-9-5-2-6-10-21,23-16-25(35)18-26(17-23)47-33(41,42)30(36)37)44-29(46)28(32(38,39)40)43-27(45)15-20-7-3-1-4-8-20;26-17-8-6-15(7-9-17)23(13-14-4-2-1-3-5-14,36-21(37)20(35)24(30,31)32)16-10-18(27)12-19(11-16)38-25(33,34)22(28)29;1-5(2,3)4;2-1-3/h1-14,16-18,28,30H,15,19H2,(H,43,45)(H,44,46);1-12,20,22H,13,35H2,(H,36,37);1-3H3;1H2/t28?,31-;20?,23-;;/m11../s1. The zero-order valence-corrected chi connectivity index (χ0v) is 53.1. The van der Waals surface area contributed by atoms with Crippen LogP contribution in [0.4, 0.5) is 79.0 Å². The predicted octanol–water partition coefficient (Wildman–Crippen LogP) is 16.5. The van der Waals surface area contributed by atoms with Gasteiger partial charge in [-0.25, -0.2) is 17.6 Å². The number of nitrogens with two attached hydrogens (primary N) is 1. The fourth-order valence-electron chi connectivity index (χ4n) is 8.54. The molecule has 5 N–H and O–H groups in total. The fraction of sp³-hybridized carbons (Fsp3) is 0.274. The molecule has 31 heteroatoms. The molecule has 504 valence electrons. The molecule has 7 rings (SSSR count). The van der Waals surface area contributed by atoms with E-state index in [1.165, 1.54) is 60.7 Å². The number of hydrogen-bond acceptors (Lipinski definition) is 6. The summed E-state index contributed by atoms with van der Waals surface area (Å²) in [7, 11) is 0. The lowest BCUT2D eigenvalue weighted by Gasteiger charge is -2.38. The second-order valence-electron chi connectivity index (χ2n) is 20.8. The van der Waals surface area contributed by atoms with Crippen molar-refractivity contribution in [2.75, 3.05) is 5.34 Å². The van der Waals surface area contributed by atoms with Gasteiger partial charge in [-0.05, 0) is 87.5 Å². The topological polar surface area (TPSA) is 132 Å². The van der Waals surface area contributed by atoms with E-state index in [1.54, 1.807) is 35.6 Å². The molecule has 0 radical (unpaired) electrons. The van der Waals surface area contributed by atoms with Gasteiger partial charge in [0.05, 0.1) is 22.8 Å². The largest absolute Gasteiger partial charge is 0.461 e. The monoisotopic (exact) mass is 1500 g/mol. The predicted molar refractivity (Wildman–Crippen MR) is 323 cm³/mol. The lowest BCUT2D eigenvalue weighted by atomic mass is 9.77. The Bertz CT molecular complexity index is 3510. The summed E-state index contributed by atoms with van der Waals surface area (Å²) in [6.07, 6.45) is -30.8. The Morgan fingerprint density at radius 1 is 0.484 bits per heavy atom. The molecule has 3 amide bonds. The first-order valence-electron chi connectivity index (χ1n) is 26.7. The third kappa shape index (κ3) is 24.2. The molecule has 4 atom stereocenters. The maximum Gasteiger partial charge on any atom is 0.461 e. The molecule has 7 aromatic rings. The number of nitrogens with one attached hydrogen (secondary N) is 3. The molecule has 0 aliphatic heterocycles. The Hall–Kier alpha value is -7.22. The van der Waals surface area contributed by atoms with Crippen molar-refractivity contribution in [2.24, 2.45) is 5.73 Å². The molecule has 93 heavy (non-hydrogen) atoms. The summed E-state index contributed by atoms with van der Waals surface area (Å²) < 4.78 is 255. The summed E-state index contributed by atoms with van der Waals surface area (Å²) >= 11 is 12.0. The van der Waals surface area contributed by atoms with E-state index in [4.69, 9.17) is 28.9 Å². The Kier molecular flexibility index (Phi) is 28.4. The number of rotatable bonds is 21. The van der Waals surface area contributed by atoms with Gasteiger partial charge in [-0.1, -0.05) is 135 Å². The van der Waals surface area contributed by atoms with Gasteiger partial charge in [0.1, 0.15) is 40.3 Å². The van der Waals surface area contributed by atoms with Crippen LogP contribution < -0.4 is 31.2 Å². The van der Waals surface area contributed by atoms with Crippen LogP contribution in [0, 0.1) is 23.3 Å². The Morgan fingerprint density at radius 2 is 0.806 bits per heavy atom. The minimum Gasteiger partial charge on any atom is -0.428 e. The Morgan fingerprint density at radius 3 is 1.12 bits per heavy atom. The average Bonchev–Trinajstić information content (AvgIpc) is 0.767. The second kappa shape index (κ2) is 33.8. The second-order valence-corrected chi connectivity index (χ2v) is 35.5. The number of benzene rings is 7. The molecule has 2 unspecified atom stereocenters. The first kappa shape index (κ1) is 78.2. The molecule has 0 aromatic heterocycles. The van der Waals surface area contributed by atoms with E-state index in [2.05, 4.69) is 61.5 Å². The van der Waals surface area contributed by atoms with Crippen molar-refractivity contribution < 1.29 is 103 Å². The van der Waals surface area contributed by atoms with Crippen LogP contribution in [0.15, 0.2) is 176 Å². The fourth-order valence-corrected chi connectivity index (χ4v) is 8.54. The zero-order valence-electron chi connectivity index (χ0n) is 48.4. The summed E-state index contributed by atoms with van der Waals surface area (Å²) in [6, 6.07) is 27.8.